The van der Waals surface area contributed by atoms with Crippen molar-refractivity contribution in [3.8, 4) is 10.8 Å². The smallest absolute Gasteiger partial charge is 0.236 e. The van der Waals surface area contributed by atoms with Gasteiger partial charge < -0.3 is 14.5 Å². The second-order valence-corrected chi connectivity index (χ2v) is 5.55. The van der Waals surface area contributed by atoms with Gasteiger partial charge in [-0.1, -0.05) is 18.2 Å². The summed E-state index contributed by atoms with van der Waals surface area (Å²) in [6.45, 7) is 2.19. The fraction of sp³-hybridized carbons (Fsp3) is 0.267. The van der Waals surface area contributed by atoms with Crippen molar-refractivity contribution in [2.75, 3.05) is 20.3 Å². The van der Waals surface area contributed by atoms with Crippen LogP contribution in [0.1, 0.15) is 5.69 Å². The van der Waals surface area contributed by atoms with Gasteiger partial charge in [-0.25, -0.2) is 4.98 Å². The molecule has 104 valence electrons. The summed E-state index contributed by atoms with van der Waals surface area (Å²) < 4.78 is 11.8. The minimum absolute atomic E-state index is 0.690. The molecule has 0 amide bonds. The van der Waals surface area contributed by atoms with Crippen LogP contribution in [0.2, 0.25) is 0 Å². The molecular formula is C15H16N2O2S. The van der Waals surface area contributed by atoms with Gasteiger partial charge in [0.2, 0.25) is 5.89 Å². The Kier molecular flexibility index (Phi) is 4.11. The summed E-state index contributed by atoms with van der Waals surface area (Å²) in [6, 6.07) is 10.4. The van der Waals surface area contributed by atoms with Crippen molar-refractivity contribution >= 4 is 21.4 Å². The van der Waals surface area contributed by atoms with Crippen LogP contribution in [0.25, 0.3) is 20.9 Å². The molecule has 0 aliphatic heterocycles. The van der Waals surface area contributed by atoms with Crippen LogP contribution in [0, 0.1) is 0 Å². The van der Waals surface area contributed by atoms with Gasteiger partial charge in [0.15, 0.2) is 0 Å². The molecule has 0 radical (unpaired) electrons. The number of ether oxygens (including phenoxy) is 1. The lowest BCUT2D eigenvalue weighted by Gasteiger charge is -1.99. The molecule has 0 atom stereocenters. The van der Waals surface area contributed by atoms with Crippen molar-refractivity contribution in [1.82, 2.24) is 10.3 Å². The number of methoxy groups -OCH3 is 1. The first kappa shape index (κ1) is 13.3. The predicted molar refractivity (Wildman–Crippen MR) is 80.9 cm³/mol. The maximum Gasteiger partial charge on any atom is 0.236 e. The number of nitrogens with zero attached hydrogens (tertiary/aromatic N) is 1. The highest BCUT2D eigenvalue weighted by Gasteiger charge is 2.10. The summed E-state index contributed by atoms with van der Waals surface area (Å²) in [7, 11) is 1.69. The Labute approximate surface area is 121 Å². The molecule has 0 unspecified atom stereocenters. The molecule has 0 aliphatic rings. The fourth-order valence-electron chi connectivity index (χ4n) is 1.98. The van der Waals surface area contributed by atoms with Crippen LogP contribution in [0.5, 0.6) is 0 Å². The topological polar surface area (TPSA) is 47.3 Å². The molecule has 0 saturated carbocycles. The minimum Gasteiger partial charge on any atom is -0.444 e. The van der Waals surface area contributed by atoms with Gasteiger partial charge >= 0.3 is 0 Å². The highest BCUT2D eigenvalue weighted by molar-refractivity contribution is 7.22. The molecule has 0 aliphatic carbocycles. The molecule has 0 fully saturated rings. The molecule has 1 aromatic carbocycles. The Morgan fingerprint density at radius 3 is 3.10 bits per heavy atom. The van der Waals surface area contributed by atoms with Gasteiger partial charge in [0.25, 0.3) is 0 Å². The average Bonchev–Trinajstić information content (AvgIpc) is 3.09. The van der Waals surface area contributed by atoms with Crippen molar-refractivity contribution in [1.29, 1.82) is 0 Å². The second-order valence-electron chi connectivity index (χ2n) is 4.46. The third-order valence-electron chi connectivity index (χ3n) is 2.98. The van der Waals surface area contributed by atoms with E-state index in [4.69, 9.17) is 9.15 Å². The number of thiophene rings is 1. The standard InChI is InChI=1S/C15H16N2O2S/c1-18-7-6-16-9-12-10-19-15(17-12)14-8-11-4-2-3-5-13(11)20-14/h2-5,8,10,16H,6-7,9H2,1H3. The first-order valence-electron chi connectivity index (χ1n) is 6.50. The molecule has 1 N–H and O–H groups in total. The lowest BCUT2D eigenvalue weighted by molar-refractivity contribution is 0.199. The quantitative estimate of drug-likeness (QED) is 0.707. The molecule has 0 bridgehead atoms. The van der Waals surface area contributed by atoms with Crippen LogP contribution in [0.3, 0.4) is 0 Å². The fourth-order valence-corrected chi connectivity index (χ4v) is 2.97. The maximum absolute atomic E-state index is 5.57. The first-order valence-corrected chi connectivity index (χ1v) is 7.31. The highest BCUT2D eigenvalue weighted by Crippen LogP contribution is 2.32. The van der Waals surface area contributed by atoms with Crippen molar-refractivity contribution in [3.63, 3.8) is 0 Å². The van der Waals surface area contributed by atoms with E-state index >= 15 is 0 Å². The summed E-state index contributed by atoms with van der Waals surface area (Å²) >= 11 is 1.70. The Morgan fingerprint density at radius 1 is 1.35 bits per heavy atom. The van der Waals surface area contributed by atoms with Crippen molar-refractivity contribution in [3.05, 3.63) is 42.3 Å². The maximum atomic E-state index is 5.57. The van der Waals surface area contributed by atoms with Gasteiger partial charge in [-0.05, 0) is 17.5 Å². The van der Waals surface area contributed by atoms with Crippen LogP contribution in [-0.2, 0) is 11.3 Å². The second kappa shape index (κ2) is 6.17. The molecule has 20 heavy (non-hydrogen) atoms. The van der Waals surface area contributed by atoms with E-state index in [0.717, 1.165) is 17.1 Å². The van der Waals surface area contributed by atoms with Gasteiger partial charge in [-0.15, -0.1) is 11.3 Å². The zero-order chi connectivity index (χ0) is 13.8. The van der Waals surface area contributed by atoms with E-state index in [9.17, 15) is 0 Å². The molecule has 0 saturated heterocycles. The van der Waals surface area contributed by atoms with E-state index in [0.29, 0.717) is 19.0 Å². The summed E-state index contributed by atoms with van der Waals surface area (Å²) in [4.78, 5) is 5.58. The average molecular weight is 288 g/mol. The number of oxazole rings is 1. The molecule has 5 heteroatoms. The Bertz CT molecular complexity index is 657. The van der Waals surface area contributed by atoms with E-state index in [2.05, 4.69) is 28.5 Å². The van der Waals surface area contributed by atoms with E-state index in [1.165, 1.54) is 10.1 Å². The van der Waals surface area contributed by atoms with Crippen molar-refractivity contribution in [2.45, 2.75) is 6.54 Å². The van der Waals surface area contributed by atoms with Crippen LogP contribution < -0.4 is 5.32 Å². The number of hydrogen-bond donors (Lipinski definition) is 1. The first-order chi connectivity index (χ1) is 9.86. The number of rotatable bonds is 6. The van der Waals surface area contributed by atoms with Crippen molar-refractivity contribution < 1.29 is 9.15 Å². The minimum atomic E-state index is 0.690. The summed E-state index contributed by atoms with van der Waals surface area (Å²) in [5, 5.41) is 4.48. The van der Waals surface area contributed by atoms with Crippen LogP contribution in [-0.4, -0.2) is 25.2 Å². The summed E-state index contributed by atoms with van der Waals surface area (Å²) in [6.07, 6.45) is 1.71. The monoisotopic (exact) mass is 288 g/mol. The lowest BCUT2D eigenvalue weighted by Crippen LogP contribution is -2.18. The molecule has 3 rings (SSSR count). The number of nitrogens with one attached hydrogen (secondary N) is 1. The number of aromatic nitrogens is 1. The largest absolute Gasteiger partial charge is 0.444 e. The van der Waals surface area contributed by atoms with Gasteiger partial charge in [0, 0.05) is 24.9 Å². The Hall–Kier alpha value is -1.69. The lowest BCUT2D eigenvalue weighted by atomic mass is 10.2. The zero-order valence-corrected chi connectivity index (χ0v) is 12.1. The number of fused-ring (bicyclic) bond motifs is 1. The van der Waals surface area contributed by atoms with Crippen LogP contribution in [0.4, 0.5) is 0 Å². The van der Waals surface area contributed by atoms with Gasteiger partial charge in [-0.3, -0.25) is 0 Å². The van der Waals surface area contributed by atoms with E-state index in [-0.39, 0.29) is 0 Å². The van der Waals surface area contributed by atoms with E-state index in [1.54, 1.807) is 24.7 Å². The summed E-state index contributed by atoms with van der Waals surface area (Å²) in [5.41, 5.74) is 0.911. The SMILES string of the molecule is COCCNCc1coc(-c2cc3ccccc3s2)n1. The van der Waals surface area contributed by atoms with Gasteiger partial charge in [0.05, 0.1) is 17.2 Å². The zero-order valence-electron chi connectivity index (χ0n) is 11.3. The van der Waals surface area contributed by atoms with Gasteiger partial charge in [0.1, 0.15) is 6.26 Å². The third-order valence-corrected chi connectivity index (χ3v) is 4.08. The normalized spacial score (nSPS) is 11.2. The Balaban J connectivity index is 1.72. The third kappa shape index (κ3) is 2.90. The van der Waals surface area contributed by atoms with E-state index < -0.39 is 0 Å². The van der Waals surface area contributed by atoms with Crippen molar-refractivity contribution in [2.24, 2.45) is 0 Å². The molecule has 3 aromatic rings. The molecule has 4 nitrogen and oxygen atoms in total. The van der Waals surface area contributed by atoms with Crippen LogP contribution in [0.15, 0.2) is 41.0 Å². The highest BCUT2D eigenvalue weighted by atomic mass is 32.1. The number of hydrogen-bond acceptors (Lipinski definition) is 5. The molecule has 2 heterocycles. The summed E-state index contributed by atoms with van der Waals surface area (Å²) in [5.74, 6) is 0.690. The van der Waals surface area contributed by atoms with Gasteiger partial charge in [-0.2, -0.15) is 0 Å². The molecule has 2 aromatic heterocycles. The number of benzene rings is 1. The molecular weight excluding hydrogens is 272 g/mol. The van der Waals surface area contributed by atoms with Crippen LogP contribution >= 0.6 is 11.3 Å². The molecule has 0 spiro atoms. The Morgan fingerprint density at radius 2 is 2.25 bits per heavy atom. The van der Waals surface area contributed by atoms with E-state index in [1.807, 2.05) is 12.1 Å². The predicted octanol–water partition coefficient (Wildman–Crippen LogP) is 3.29.